The lowest BCUT2D eigenvalue weighted by Crippen LogP contribution is -2.41. The van der Waals surface area contributed by atoms with Gasteiger partial charge >= 0.3 is 0 Å². The van der Waals surface area contributed by atoms with Gasteiger partial charge in [0.1, 0.15) is 11.5 Å². The van der Waals surface area contributed by atoms with Gasteiger partial charge in [0.2, 0.25) is 0 Å². The van der Waals surface area contributed by atoms with E-state index in [-0.39, 0.29) is 17.4 Å². The number of ether oxygens (including phenoxy) is 2. The summed E-state index contributed by atoms with van der Waals surface area (Å²) in [5.41, 5.74) is 7.45. The van der Waals surface area contributed by atoms with Crippen LogP contribution >= 0.6 is 0 Å². The molecule has 194 valence electrons. The van der Waals surface area contributed by atoms with Crippen LogP contribution in [0.5, 0.6) is 11.5 Å². The Labute approximate surface area is 225 Å². The van der Waals surface area contributed by atoms with Crippen LogP contribution in [0.3, 0.4) is 0 Å². The molecule has 4 aromatic rings. The maximum atomic E-state index is 14.0. The van der Waals surface area contributed by atoms with Crippen LogP contribution in [0.15, 0.2) is 91.0 Å². The molecule has 0 saturated carbocycles. The summed E-state index contributed by atoms with van der Waals surface area (Å²) in [6, 6.07) is 30.6. The Bertz CT molecular complexity index is 1400. The molecule has 1 aliphatic heterocycles. The van der Waals surface area contributed by atoms with Gasteiger partial charge in [-0.25, -0.2) is 0 Å². The average molecular weight is 506 g/mol. The summed E-state index contributed by atoms with van der Waals surface area (Å²) in [5, 5.41) is 0. The maximum Gasteiger partial charge on any atom is 0.254 e. The highest BCUT2D eigenvalue weighted by Gasteiger charge is 2.35. The van der Waals surface area contributed by atoms with Crippen LogP contribution in [0.4, 0.5) is 0 Å². The Kier molecular flexibility index (Phi) is 6.98. The van der Waals surface area contributed by atoms with Gasteiger partial charge in [0.15, 0.2) is 0 Å². The van der Waals surface area contributed by atoms with Crippen molar-refractivity contribution in [3.8, 4) is 22.6 Å². The van der Waals surface area contributed by atoms with Crippen LogP contribution in [0.25, 0.3) is 11.1 Å². The second kappa shape index (κ2) is 10.4. The van der Waals surface area contributed by atoms with Crippen molar-refractivity contribution in [3.05, 3.63) is 119 Å². The monoisotopic (exact) mass is 505 g/mol. The van der Waals surface area contributed by atoms with E-state index in [1.54, 1.807) is 14.2 Å². The van der Waals surface area contributed by atoms with Crippen molar-refractivity contribution in [3.63, 3.8) is 0 Å². The maximum absolute atomic E-state index is 14.0. The first-order chi connectivity index (χ1) is 18.3. The molecule has 4 heteroatoms. The molecule has 4 nitrogen and oxygen atoms in total. The highest BCUT2D eigenvalue weighted by Crippen LogP contribution is 2.43. The average Bonchev–Trinajstić information content (AvgIpc) is 2.95. The van der Waals surface area contributed by atoms with E-state index in [9.17, 15) is 4.79 Å². The van der Waals surface area contributed by atoms with Crippen molar-refractivity contribution in [2.75, 3.05) is 20.8 Å². The Morgan fingerprint density at radius 3 is 2.08 bits per heavy atom. The van der Waals surface area contributed by atoms with Crippen LogP contribution in [-0.2, 0) is 11.8 Å². The fraction of sp³-hybridized carbons (Fsp3) is 0.265. The summed E-state index contributed by atoms with van der Waals surface area (Å²) in [6.45, 7) is 7.15. The smallest absolute Gasteiger partial charge is 0.254 e. The van der Waals surface area contributed by atoms with Gasteiger partial charge in [-0.15, -0.1) is 0 Å². The number of fused-ring (bicyclic) bond motifs is 1. The quantitative estimate of drug-likeness (QED) is 0.283. The first kappa shape index (κ1) is 25.6. The number of methoxy groups -OCH3 is 2. The van der Waals surface area contributed by atoms with Gasteiger partial charge in [-0.2, -0.15) is 0 Å². The number of carbonyl (C=O) groups excluding carboxylic acids is 1. The van der Waals surface area contributed by atoms with Gasteiger partial charge in [0.05, 0.1) is 20.3 Å². The number of hydrogen-bond acceptors (Lipinski definition) is 3. The molecule has 38 heavy (non-hydrogen) atoms. The van der Waals surface area contributed by atoms with Crippen molar-refractivity contribution in [2.24, 2.45) is 0 Å². The molecule has 4 aromatic carbocycles. The summed E-state index contributed by atoms with van der Waals surface area (Å²) >= 11 is 0. The third kappa shape index (κ3) is 4.91. The third-order valence-electron chi connectivity index (χ3n) is 7.46. The Morgan fingerprint density at radius 2 is 1.47 bits per heavy atom. The van der Waals surface area contributed by atoms with Crippen molar-refractivity contribution in [1.29, 1.82) is 0 Å². The number of benzene rings is 4. The van der Waals surface area contributed by atoms with E-state index >= 15 is 0 Å². The lowest BCUT2D eigenvalue weighted by Gasteiger charge is -2.39. The van der Waals surface area contributed by atoms with Gasteiger partial charge in [0, 0.05) is 23.7 Å². The van der Waals surface area contributed by atoms with Crippen LogP contribution in [0.2, 0.25) is 0 Å². The molecule has 0 N–H and O–H groups in total. The fourth-order valence-electron chi connectivity index (χ4n) is 5.32. The minimum Gasteiger partial charge on any atom is -0.497 e. The highest BCUT2D eigenvalue weighted by atomic mass is 16.5. The first-order valence-corrected chi connectivity index (χ1v) is 13.1. The highest BCUT2D eigenvalue weighted by molar-refractivity contribution is 5.95. The molecular formula is C34H35NO3. The van der Waals surface area contributed by atoms with Crippen LogP contribution in [-0.4, -0.2) is 31.6 Å². The normalized spacial score (nSPS) is 15.1. The molecule has 1 heterocycles. The van der Waals surface area contributed by atoms with Gasteiger partial charge in [-0.05, 0) is 57.9 Å². The Morgan fingerprint density at radius 1 is 0.816 bits per heavy atom. The SMILES string of the molecule is COc1cc2c(c(OC)c1)C(c1ccc(-c3ccccc3)cc1)N(C(=O)c1ccc(C(C)(C)C)cc1)CC2. The summed E-state index contributed by atoms with van der Waals surface area (Å²) in [6.07, 6.45) is 0.729. The van der Waals surface area contributed by atoms with Gasteiger partial charge < -0.3 is 14.4 Å². The topological polar surface area (TPSA) is 38.8 Å². The lowest BCUT2D eigenvalue weighted by atomic mass is 9.85. The van der Waals surface area contributed by atoms with E-state index in [1.807, 2.05) is 41.3 Å². The van der Waals surface area contributed by atoms with E-state index in [0.717, 1.165) is 45.7 Å². The molecular weight excluding hydrogens is 470 g/mol. The van der Waals surface area contributed by atoms with E-state index in [1.165, 1.54) is 5.56 Å². The van der Waals surface area contributed by atoms with Crippen molar-refractivity contribution < 1.29 is 14.3 Å². The van der Waals surface area contributed by atoms with Crippen molar-refractivity contribution >= 4 is 5.91 Å². The molecule has 0 spiro atoms. The third-order valence-corrected chi connectivity index (χ3v) is 7.46. The summed E-state index contributed by atoms with van der Waals surface area (Å²) in [4.78, 5) is 16.0. The van der Waals surface area contributed by atoms with Gasteiger partial charge in [0.25, 0.3) is 5.91 Å². The molecule has 0 aliphatic carbocycles. The largest absolute Gasteiger partial charge is 0.497 e. The number of hydrogen-bond donors (Lipinski definition) is 0. The predicted molar refractivity (Wildman–Crippen MR) is 153 cm³/mol. The molecule has 0 fully saturated rings. The first-order valence-electron chi connectivity index (χ1n) is 13.1. The molecule has 1 amide bonds. The zero-order valence-electron chi connectivity index (χ0n) is 22.8. The molecule has 5 rings (SSSR count). The molecule has 1 aliphatic rings. The zero-order chi connectivity index (χ0) is 26.9. The minimum atomic E-state index is -0.278. The summed E-state index contributed by atoms with van der Waals surface area (Å²) in [5.74, 6) is 1.51. The van der Waals surface area contributed by atoms with E-state index in [2.05, 4.69) is 75.4 Å². The minimum absolute atomic E-state index is 0.0196. The lowest BCUT2D eigenvalue weighted by molar-refractivity contribution is 0.0692. The summed E-state index contributed by atoms with van der Waals surface area (Å²) < 4.78 is 11.4. The number of rotatable bonds is 5. The van der Waals surface area contributed by atoms with Crippen LogP contribution < -0.4 is 9.47 Å². The molecule has 0 bridgehead atoms. The number of amides is 1. The van der Waals surface area contributed by atoms with Crippen LogP contribution in [0.1, 0.15) is 59.4 Å². The molecule has 0 saturated heterocycles. The van der Waals surface area contributed by atoms with Crippen molar-refractivity contribution in [1.82, 2.24) is 4.90 Å². The predicted octanol–water partition coefficient (Wildman–Crippen LogP) is 7.46. The van der Waals surface area contributed by atoms with E-state index in [0.29, 0.717) is 12.1 Å². The van der Waals surface area contributed by atoms with Crippen LogP contribution in [0, 0.1) is 0 Å². The van der Waals surface area contributed by atoms with E-state index in [4.69, 9.17) is 9.47 Å². The second-order valence-corrected chi connectivity index (χ2v) is 10.9. The van der Waals surface area contributed by atoms with Gasteiger partial charge in [-0.1, -0.05) is 87.5 Å². The zero-order valence-corrected chi connectivity index (χ0v) is 22.8. The Hall–Kier alpha value is -4.05. The van der Waals surface area contributed by atoms with Crippen molar-refractivity contribution in [2.45, 2.75) is 38.6 Å². The summed E-state index contributed by atoms with van der Waals surface area (Å²) in [7, 11) is 3.34. The molecule has 0 radical (unpaired) electrons. The molecule has 1 unspecified atom stereocenters. The molecule has 1 atom stereocenters. The molecule has 0 aromatic heterocycles. The Balaban J connectivity index is 1.59. The standard InChI is InChI=1S/C34H35NO3/c1-34(2,3)28-17-15-26(16-18-28)33(36)35-20-19-27-21-29(37-4)22-30(38-5)31(27)32(35)25-13-11-24(12-14-25)23-9-7-6-8-10-23/h6-18,21-22,32H,19-20H2,1-5H3. The van der Waals surface area contributed by atoms with E-state index < -0.39 is 0 Å². The number of carbonyl (C=O) groups is 1. The fourth-order valence-corrected chi connectivity index (χ4v) is 5.32. The van der Waals surface area contributed by atoms with Gasteiger partial charge in [-0.3, -0.25) is 4.79 Å². The second-order valence-electron chi connectivity index (χ2n) is 10.9. The number of nitrogens with zero attached hydrogens (tertiary/aromatic N) is 1.